The average molecular weight is 815 g/mol. The fraction of sp³-hybridized carbons (Fsp3) is 0.600. The molecule has 0 atom stereocenters. The van der Waals surface area contributed by atoms with Crippen molar-refractivity contribution in [1.29, 1.82) is 0 Å². The van der Waals surface area contributed by atoms with Crippen LogP contribution in [0.5, 0.6) is 0 Å². The van der Waals surface area contributed by atoms with Crippen LogP contribution >= 0.6 is 88.2 Å². The van der Waals surface area contributed by atoms with E-state index in [0.717, 1.165) is 0 Å². The number of halogens is 6. The molecule has 2 aliphatic rings. The summed E-state index contributed by atoms with van der Waals surface area (Å²) >= 11 is -5.55. The molecule has 2 rings (SSSR count). The monoisotopic (exact) mass is 808 g/mol. The summed E-state index contributed by atoms with van der Waals surface area (Å²) in [5, 5.41) is 0. The van der Waals surface area contributed by atoms with Gasteiger partial charge in [0.15, 0.2) is 0 Å². The van der Waals surface area contributed by atoms with Crippen molar-refractivity contribution in [2.24, 2.45) is 0 Å². The van der Waals surface area contributed by atoms with Crippen LogP contribution in [0.1, 0.15) is 12.8 Å². The molecule has 0 fully saturated rings. The molecule has 0 saturated carbocycles. The predicted molar refractivity (Wildman–Crippen MR) is 155 cm³/mol. The summed E-state index contributed by atoms with van der Waals surface area (Å²) in [5.41, 5.74) is 0. The van der Waals surface area contributed by atoms with Gasteiger partial charge in [0.05, 0.1) is 0 Å². The molecule has 0 bridgehead atoms. The van der Waals surface area contributed by atoms with Crippen LogP contribution in [-0.4, -0.2) is 0 Å². The van der Waals surface area contributed by atoms with Crippen LogP contribution in [0.25, 0.3) is 0 Å². The molecule has 2 aliphatic carbocycles. The van der Waals surface area contributed by atoms with Crippen LogP contribution in [0.4, 0.5) is 0 Å². The maximum atomic E-state index is 2.50. The second kappa shape index (κ2) is 11.4. The molecular formula is C20H46Br3Cl3Zr2. The molecule has 28 heavy (non-hydrogen) atoms. The molecule has 0 heterocycles. The molecule has 0 aromatic heterocycles. The molecular weight excluding hydrogens is 769 g/mol. The standard InChI is InChI=1S/2C5H5.10CH3.3BrH.3ClH.2Zr/c2*1-2-4-5-3-1;;;;;;;;;;;;;;;;;;/h2*1-3H,4H2;10*1H3;6*1H;;. The van der Waals surface area contributed by atoms with Crippen molar-refractivity contribution in [1.82, 2.24) is 0 Å². The Hall–Kier alpha value is 3.04. The zero-order valence-corrected chi connectivity index (χ0v) is 31.8. The third kappa shape index (κ3) is 16.6. The number of hydrogen-bond donors (Lipinski definition) is 0. The predicted octanol–water partition coefficient (Wildman–Crippen LogP) is 11.6. The van der Waals surface area contributed by atoms with E-state index in [1.807, 2.05) is 0 Å². The molecule has 0 N–H and O–H groups in total. The van der Waals surface area contributed by atoms with Crippen molar-refractivity contribution in [2.75, 3.05) is 0 Å². The van der Waals surface area contributed by atoms with Gasteiger partial charge in [0.2, 0.25) is 0 Å². The molecule has 0 amide bonds. The van der Waals surface area contributed by atoms with Crippen molar-refractivity contribution < 1.29 is 34.6 Å². The second-order valence-corrected chi connectivity index (χ2v) is 79.8. The van der Waals surface area contributed by atoms with E-state index in [2.05, 4.69) is 82.8 Å². The van der Waals surface area contributed by atoms with Gasteiger partial charge in [-0.25, -0.2) is 0 Å². The Morgan fingerprint density at radius 1 is 0.500 bits per heavy atom. The van der Waals surface area contributed by atoms with Gasteiger partial charge in [0.1, 0.15) is 0 Å². The topological polar surface area (TPSA) is 0 Å². The van der Waals surface area contributed by atoms with Crippen LogP contribution in [0.2, 0.25) is 46.3 Å². The number of rotatable bonds is 2. The number of hydrogen-bond acceptors (Lipinski definition) is 0. The van der Waals surface area contributed by atoms with Gasteiger partial charge in [-0.1, -0.05) is 0 Å². The van der Waals surface area contributed by atoms with E-state index < -0.39 is 34.6 Å². The molecule has 0 saturated heterocycles. The quantitative estimate of drug-likeness (QED) is 0.261. The Kier molecular flexibility index (Phi) is 18.3. The maximum absolute atomic E-state index is 2.78. The summed E-state index contributed by atoms with van der Waals surface area (Å²) < 4.78 is 28.4. The Bertz CT molecular complexity index is 549. The molecule has 0 nitrogen and oxygen atoms in total. The Morgan fingerprint density at radius 2 is 0.714 bits per heavy atom. The van der Waals surface area contributed by atoms with E-state index in [9.17, 15) is 0 Å². The first-order valence-corrected chi connectivity index (χ1v) is 36.0. The number of allylic oxidation sites excluding steroid dienone is 8. The Balaban J connectivity index is -0.0000000712. The van der Waals surface area contributed by atoms with Gasteiger partial charge in [0, 0.05) is 0 Å². The van der Waals surface area contributed by atoms with E-state index in [1.165, 1.54) is 12.8 Å². The molecule has 0 spiro atoms. The van der Waals surface area contributed by atoms with Gasteiger partial charge in [-0.2, -0.15) is 0 Å². The van der Waals surface area contributed by atoms with Crippen molar-refractivity contribution in [3.8, 4) is 0 Å². The van der Waals surface area contributed by atoms with Crippen molar-refractivity contribution in [3.63, 3.8) is 0 Å². The summed E-state index contributed by atoms with van der Waals surface area (Å²) in [7, 11) is 0. The van der Waals surface area contributed by atoms with Crippen LogP contribution < -0.4 is 0 Å². The first kappa shape index (κ1) is 44.7. The van der Waals surface area contributed by atoms with Gasteiger partial charge < -0.3 is 0 Å². The second-order valence-electron chi connectivity index (χ2n) is 15.1. The van der Waals surface area contributed by atoms with Crippen LogP contribution in [0.3, 0.4) is 0 Å². The molecule has 0 unspecified atom stereocenters. The minimum atomic E-state index is -2.78. The van der Waals surface area contributed by atoms with Gasteiger partial charge in [-0.15, -0.1) is 88.2 Å². The normalized spacial score (nSPS) is 19.1. The van der Waals surface area contributed by atoms with Crippen LogP contribution in [0, 0.1) is 0 Å². The molecule has 176 valence electrons. The molecule has 0 radical (unpaired) electrons. The van der Waals surface area contributed by atoms with Crippen molar-refractivity contribution in [2.45, 2.75) is 59.2 Å². The van der Waals surface area contributed by atoms with Gasteiger partial charge in [-0.05, 0) is 0 Å². The first-order valence-electron chi connectivity index (χ1n) is 8.93. The summed E-state index contributed by atoms with van der Waals surface area (Å²) in [6.45, 7) is 0. The third-order valence-electron chi connectivity index (χ3n) is 4.75. The minimum absolute atomic E-state index is 0. The van der Waals surface area contributed by atoms with E-state index in [0.29, 0.717) is 0 Å². The third-order valence-corrected chi connectivity index (χ3v) is 22.4. The fourth-order valence-electron chi connectivity index (χ4n) is 2.75. The molecule has 8 heteroatoms. The molecule has 0 aliphatic heterocycles. The van der Waals surface area contributed by atoms with Crippen LogP contribution in [-0.2, 0) is 34.6 Å². The average Bonchev–Trinajstić information content (AvgIpc) is 2.86. The SMILES string of the molecule is Br.Br.Br.Cl.Cl.Cl.[CH3][Zr]([CH3])([CH3])([CH3])([CH3])[C]1=CC=CC1.[CH3][Zr]([CH3])([CH3])([CH3])([CH3])[C]1=CC=CC1. The van der Waals surface area contributed by atoms with Gasteiger partial charge in [-0.3, -0.25) is 0 Å². The summed E-state index contributed by atoms with van der Waals surface area (Å²) in [4.78, 5) is 0. The molecule has 0 aromatic rings. The Labute approximate surface area is 221 Å². The fourth-order valence-corrected chi connectivity index (χ4v) is 12.9. The van der Waals surface area contributed by atoms with Crippen LogP contribution in [0.15, 0.2) is 43.0 Å². The van der Waals surface area contributed by atoms with E-state index in [4.69, 9.17) is 0 Å². The van der Waals surface area contributed by atoms with E-state index >= 15 is 0 Å². The summed E-state index contributed by atoms with van der Waals surface area (Å²) in [6, 6.07) is 0. The zero-order valence-electron chi connectivity index (χ0n) is 19.3. The van der Waals surface area contributed by atoms with E-state index in [-0.39, 0.29) is 88.2 Å². The Morgan fingerprint density at radius 3 is 0.786 bits per heavy atom. The van der Waals surface area contributed by atoms with Gasteiger partial charge >= 0.3 is 137 Å². The van der Waals surface area contributed by atoms with Crippen molar-refractivity contribution >= 4 is 88.2 Å². The summed E-state index contributed by atoms with van der Waals surface area (Å²) in [6.07, 6.45) is 16.0. The first-order chi connectivity index (χ1) is 9.19. The summed E-state index contributed by atoms with van der Waals surface area (Å²) in [5.74, 6) is 0. The van der Waals surface area contributed by atoms with Gasteiger partial charge in [0.25, 0.3) is 0 Å². The molecule has 0 aromatic carbocycles. The van der Waals surface area contributed by atoms with Crippen molar-refractivity contribution in [3.05, 3.63) is 43.0 Å². The van der Waals surface area contributed by atoms with E-state index in [1.54, 1.807) is 6.56 Å². The zero-order chi connectivity index (χ0) is 17.6.